The summed E-state index contributed by atoms with van der Waals surface area (Å²) >= 11 is 29.1. The summed E-state index contributed by atoms with van der Waals surface area (Å²) in [7, 11) is 0. The summed E-state index contributed by atoms with van der Waals surface area (Å²) in [5.74, 6) is -1.43. The molecule has 0 amide bonds. The largest absolute Gasteiger partial charge is 1.00 e. The number of aromatic carboxylic acids is 1. The number of hydrogen-bond donors (Lipinski definition) is 1. The summed E-state index contributed by atoms with van der Waals surface area (Å²) in [6.45, 7) is 3.24. The van der Waals surface area contributed by atoms with E-state index in [1.54, 1.807) is 26.0 Å². The Morgan fingerprint density at radius 2 is 1.53 bits per heavy atom. The smallest absolute Gasteiger partial charge is 0.545 e. The van der Waals surface area contributed by atoms with Gasteiger partial charge >= 0.3 is 29.6 Å². The number of benzene rings is 3. The van der Waals surface area contributed by atoms with Crippen LogP contribution in [0, 0.1) is 21.0 Å². The van der Waals surface area contributed by atoms with Crippen molar-refractivity contribution >= 4 is 109 Å². The number of phenolic OH excluding ortho intramolecular Hbond substituents is 1. The van der Waals surface area contributed by atoms with E-state index in [1.807, 2.05) is 45.2 Å². The van der Waals surface area contributed by atoms with Crippen molar-refractivity contribution in [1.29, 1.82) is 0 Å². The van der Waals surface area contributed by atoms with Gasteiger partial charge < -0.3 is 19.4 Å². The average molecular weight is 772 g/mol. The molecule has 4 rings (SSSR count). The van der Waals surface area contributed by atoms with E-state index < -0.39 is 11.5 Å². The fourth-order valence-electron chi connectivity index (χ4n) is 3.70. The standard InChI is InChI=1S/C22H10Cl4I2O5.Na/c1-5-18(29)9(27)3-7-11(8-4-10(28)19(30)6(2)21(8)33-20(5)7)12-13(22(31)32)15(24)17(26)16(25)14(12)23;/h3-4,29H,1-2H3,(H,31,32);/q;+1/p-1. The molecule has 34 heavy (non-hydrogen) atoms. The van der Waals surface area contributed by atoms with Crippen molar-refractivity contribution in [2.45, 2.75) is 13.8 Å². The van der Waals surface area contributed by atoms with Crippen LogP contribution in [0.3, 0.4) is 0 Å². The topological polar surface area (TPSA) is 90.6 Å². The first-order chi connectivity index (χ1) is 15.4. The summed E-state index contributed by atoms with van der Waals surface area (Å²) in [5, 5.41) is 22.3. The molecule has 1 N–H and O–H groups in total. The van der Waals surface area contributed by atoms with Gasteiger partial charge in [-0.15, -0.1) is 0 Å². The molecule has 0 aromatic heterocycles. The minimum atomic E-state index is -1.62. The molecule has 12 heteroatoms. The minimum absolute atomic E-state index is 0. The van der Waals surface area contributed by atoms with E-state index in [2.05, 4.69) is 0 Å². The van der Waals surface area contributed by atoms with Crippen molar-refractivity contribution < 1.29 is 49.0 Å². The summed E-state index contributed by atoms with van der Waals surface area (Å²) in [4.78, 5) is 24.9. The predicted molar refractivity (Wildman–Crippen MR) is 145 cm³/mol. The second-order valence-electron chi connectivity index (χ2n) is 7.17. The molecular formula is C22H9Cl4I2NaO5. The fourth-order valence-corrected chi connectivity index (χ4v) is 6.16. The third-order valence-corrected chi connectivity index (χ3v) is 8.74. The third kappa shape index (κ3) is 4.36. The van der Waals surface area contributed by atoms with Gasteiger partial charge in [0, 0.05) is 38.8 Å². The van der Waals surface area contributed by atoms with Gasteiger partial charge in [-0.25, -0.2) is 0 Å². The number of carbonyl (C=O) groups excluding carboxylic acids is 1. The zero-order valence-electron chi connectivity index (χ0n) is 17.5. The number of rotatable bonds is 2. The van der Waals surface area contributed by atoms with E-state index in [4.69, 9.17) is 50.8 Å². The predicted octanol–water partition coefficient (Wildman–Crippen LogP) is 4.08. The summed E-state index contributed by atoms with van der Waals surface area (Å²) in [5.41, 5.74) is 0.907. The van der Waals surface area contributed by atoms with Crippen LogP contribution in [0.1, 0.15) is 21.5 Å². The molecule has 0 radical (unpaired) electrons. The molecular weight excluding hydrogens is 763 g/mol. The van der Waals surface area contributed by atoms with Gasteiger partial charge in [0.25, 0.3) is 0 Å². The Morgan fingerprint density at radius 1 is 0.941 bits per heavy atom. The Hall–Kier alpha value is 0.0200. The molecule has 0 spiro atoms. The number of carboxylic acids is 1. The van der Waals surface area contributed by atoms with Crippen LogP contribution in [0.5, 0.6) is 5.75 Å². The summed E-state index contributed by atoms with van der Waals surface area (Å²) in [6.07, 6.45) is 0. The van der Waals surface area contributed by atoms with E-state index in [1.165, 1.54) is 0 Å². The van der Waals surface area contributed by atoms with E-state index >= 15 is 0 Å². The van der Waals surface area contributed by atoms with Crippen molar-refractivity contribution in [2.24, 2.45) is 0 Å². The van der Waals surface area contributed by atoms with Gasteiger partial charge in [-0.1, -0.05) is 46.4 Å². The van der Waals surface area contributed by atoms with Crippen molar-refractivity contribution in [1.82, 2.24) is 0 Å². The fraction of sp³-hybridized carbons (Fsp3) is 0.0909. The van der Waals surface area contributed by atoms with Gasteiger partial charge in [0.15, 0.2) is 5.43 Å². The Labute approximate surface area is 262 Å². The van der Waals surface area contributed by atoms with Crippen LogP contribution in [0.25, 0.3) is 33.4 Å². The van der Waals surface area contributed by atoms with Gasteiger partial charge in [-0.3, -0.25) is 4.79 Å². The van der Waals surface area contributed by atoms with E-state index in [0.29, 0.717) is 34.8 Å². The second kappa shape index (κ2) is 10.4. The Kier molecular flexibility index (Phi) is 8.76. The molecule has 170 valence electrons. The maximum Gasteiger partial charge on any atom is 1.00 e. The van der Waals surface area contributed by atoms with E-state index in [0.717, 1.165) is 0 Å². The first kappa shape index (κ1) is 28.6. The van der Waals surface area contributed by atoms with Crippen LogP contribution < -0.4 is 40.1 Å². The van der Waals surface area contributed by atoms with Crippen molar-refractivity contribution in [3.63, 3.8) is 0 Å². The molecule has 0 fully saturated rings. The van der Waals surface area contributed by atoms with E-state index in [9.17, 15) is 19.8 Å². The number of aryl methyl sites for hydroxylation is 1. The van der Waals surface area contributed by atoms with Crippen LogP contribution in [0.4, 0.5) is 0 Å². The van der Waals surface area contributed by atoms with E-state index in [-0.39, 0.29) is 77.7 Å². The maximum atomic E-state index is 12.7. The maximum absolute atomic E-state index is 12.7. The van der Waals surface area contributed by atoms with Crippen LogP contribution in [-0.4, -0.2) is 11.1 Å². The first-order valence-corrected chi connectivity index (χ1v) is 12.7. The zero-order valence-corrected chi connectivity index (χ0v) is 26.8. The SMILES string of the molecule is Cc1c2oc3c(C)c(O)c(I)cc3c(-c3c(Cl)c(Cl)c(Cl)c(Cl)c3C(=O)[O-])c-2cc(I)c1=O.[Na+]. The Balaban J connectivity index is 0.00000324. The third-order valence-electron chi connectivity index (χ3n) is 5.32. The van der Waals surface area contributed by atoms with Gasteiger partial charge in [-0.05, 0) is 71.2 Å². The Morgan fingerprint density at radius 3 is 2.12 bits per heavy atom. The molecule has 1 heterocycles. The number of carboxylic acid groups (broad SMARTS) is 1. The summed E-state index contributed by atoms with van der Waals surface area (Å²) in [6, 6.07) is 3.19. The molecule has 0 unspecified atom stereocenters. The molecule has 1 aliphatic carbocycles. The molecule has 0 bridgehead atoms. The quantitative estimate of drug-likeness (QED) is 0.109. The molecule has 1 aliphatic heterocycles. The number of halogens is 6. The summed E-state index contributed by atoms with van der Waals surface area (Å²) < 4.78 is 6.97. The normalized spacial score (nSPS) is 11.2. The van der Waals surface area contributed by atoms with Crippen LogP contribution >= 0.6 is 91.6 Å². The van der Waals surface area contributed by atoms with Gasteiger partial charge in [0.1, 0.15) is 17.1 Å². The average Bonchev–Trinajstić information content (AvgIpc) is 2.76. The van der Waals surface area contributed by atoms with Gasteiger partial charge in [0.2, 0.25) is 0 Å². The molecule has 2 aromatic rings. The van der Waals surface area contributed by atoms with Crippen LogP contribution in [0.2, 0.25) is 20.1 Å². The molecule has 2 aliphatic rings. The van der Waals surface area contributed by atoms with Crippen molar-refractivity contribution in [3.05, 3.63) is 66.3 Å². The zero-order chi connectivity index (χ0) is 24.5. The molecule has 0 saturated carbocycles. The number of fused-ring (bicyclic) bond motifs is 2. The second-order valence-corrected chi connectivity index (χ2v) is 11.0. The van der Waals surface area contributed by atoms with Crippen LogP contribution in [-0.2, 0) is 0 Å². The number of aromatic hydroxyl groups is 1. The number of hydrogen-bond acceptors (Lipinski definition) is 5. The molecule has 2 aromatic carbocycles. The molecule has 5 nitrogen and oxygen atoms in total. The number of carbonyl (C=O) groups is 1. The number of phenols is 1. The monoisotopic (exact) mass is 770 g/mol. The van der Waals surface area contributed by atoms with Gasteiger partial charge in [-0.2, -0.15) is 0 Å². The van der Waals surface area contributed by atoms with Crippen molar-refractivity contribution in [3.8, 4) is 28.2 Å². The molecule has 0 saturated heterocycles. The first-order valence-electron chi connectivity index (χ1n) is 9.03. The van der Waals surface area contributed by atoms with Crippen molar-refractivity contribution in [2.75, 3.05) is 0 Å². The molecule has 0 atom stereocenters. The van der Waals surface area contributed by atoms with Crippen LogP contribution in [0.15, 0.2) is 21.3 Å². The minimum Gasteiger partial charge on any atom is -0.545 e. The van der Waals surface area contributed by atoms with Gasteiger partial charge in [0.05, 0.1) is 33.2 Å². The Bertz CT molecular complexity index is 1570.